The van der Waals surface area contributed by atoms with E-state index in [4.69, 9.17) is 4.74 Å². The zero-order valence-electron chi connectivity index (χ0n) is 8.44. The van der Waals surface area contributed by atoms with Crippen LogP contribution in [0.25, 0.3) is 0 Å². The Kier molecular flexibility index (Phi) is 5.50. The summed E-state index contributed by atoms with van der Waals surface area (Å²) in [7, 11) is 3.49. The van der Waals surface area contributed by atoms with Gasteiger partial charge in [-0.2, -0.15) is 0 Å². The molecule has 5 nitrogen and oxygen atoms in total. The van der Waals surface area contributed by atoms with Crippen LogP contribution in [0.4, 0.5) is 0 Å². The topological polar surface area (TPSA) is 54.3 Å². The van der Waals surface area contributed by atoms with E-state index < -0.39 is 0 Å². The third-order valence-corrected chi connectivity index (χ3v) is 1.08. The smallest absolute Gasteiger partial charge is 0.335 e. The van der Waals surface area contributed by atoms with E-state index in [0.717, 1.165) is 0 Å². The van der Waals surface area contributed by atoms with Gasteiger partial charge in [-0.15, -0.1) is 5.11 Å². The third-order valence-electron chi connectivity index (χ3n) is 1.08. The van der Waals surface area contributed by atoms with E-state index in [1.165, 1.54) is 11.2 Å². The van der Waals surface area contributed by atoms with Gasteiger partial charge in [0.2, 0.25) is 0 Å². The summed E-state index contributed by atoms with van der Waals surface area (Å²) >= 11 is 0. The summed E-state index contributed by atoms with van der Waals surface area (Å²) in [6.45, 7) is 3.76. The molecule has 0 bridgehead atoms. The fraction of sp³-hybridized carbons (Fsp3) is 0.625. The molecule has 0 radical (unpaired) electrons. The lowest BCUT2D eigenvalue weighted by molar-refractivity contribution is -0.138. The first-order chi connectivity index (χ1) is 6.07. The molecular weight excluding hydrogens is 170 g/mol. The van der Waals surface area contributed by atoms with Gasteiger partial charge in [0.1, 0.15) is 0 Å². The zero-order valence-corrected chi connectivity index (χ0v) is 8.44. The fourth-order valence-electron chi connectivity index (χ4n) is 0.513. The van der Waals surface area contributed by atoms with E-state index in [2.05, 4.69) is 10.3 Å². The number of esters is 1. The van der Waals surface area contributed by atoms with Gasteiger partial charge in [0.25, 0.3) is 0 Å². The summed E-state index contributed by atoms with van der Waals surface area (Å²) < 4.78 is 4.74. The number of carbonyl (C=O) groups excluding carboxylic acids is 1. The van der Waals surface area contributed by atoms with Gasteiger partial charge in [-0.3, -0.25) is 5.01 Å². The molecule has 0 N–H and O–H groups in total. The average molecular weight is 185 g/mol. The number of ether oxygens (including phenoxy) is 1. The Balaban J connectivity index is 4.08. The van der Waals surface area contributed by atoms with E-state index in [1.807, 2.05) is 0 Å². The highest BCUT2D eigenvalue weighted by Crippen LogP contribution is 1.97. The minimum atomic E-state index is -0.361. The van der Waals surface area contributed by atoms with Gasteiger partial charge in [-0.25, -0.2) is 4.79 Å². The normalized spacial score (nSPS) is 11.8. The maximum atomic E-state index is 11.0. The Morgan fingerprint density at radius 1 is 1.54 bits per heavy atom. The Morgan fingerprint density at radius 3 is 2.62 bits per heavy atom. The number of hydrogen-bond acceptors (Lipinski definition) is 4. The Labute approximate surface area is 78.1 Å². The minimum Gasteiger partial charge on any atom is -0.463 e. The van der Waals surface area contributed by atoms with E-state index in [9.17, 15) is 4.79 Å². The second-order valence-corrected chi connectivity index (χ2v) is 2.58. The van der Waals surface area contributed by atoms with Crippen LogP contribution in [-0.2, 0) is 9.53 Å². The lowest BCUT2D eigenvalue weighted by Gasteiger charge is -2.00. The molecule has 0 atom stereocenters. The summed E-state index contributed by atoms with van der Waals surface area (Å²) in [5.74, 6) is -0.361. The van der Waals surface area contributed by atoms with Gasteiger partial charge in [-0.05, 0) is 13.8 Å². The molecule has 0 unspecified atom stereocenters. The summed E-state index contributed by atoms with van der Waals surface area (Å²) in [6, 6.07) is 0. The first-order valence-electron chi connectivity index (χ1n) is 4.00. The summed E-state index contributed by atoms with van der Waals surface area (Å²) in [5, 5.41) is 8.88. The molecule has 0 aromatic carbocycles. The predicted molar refractivity (Wildman–Crippen MR) is 48.9 cm³/mol. The molecule has 0 spiro atoms. The van der Waals surface area contributed by atoms with Crippen molar-refractivity contribution in [3.05, 3.63) is 11.8 Å². The van der Waals surface area contributed by atoms with Crippen molar-refractivity contribution in [2.75, 3.05) is 20.7 Å². The van der Waals surface area contributed by atoms with Crippen LogP contribution in [0.5, 0.6) is 0 Å². The van der Waals surface area contributed by atoms with Crippen LogP contribution in [0.3, 0.4) is 0 Å². The highest BCUT2D eigenvalue weighted by molar-refractivity contribution is 5.87. The first-order valence-corrected chi connectivity index (χ1v) is 4.00. The quantitative estimate of drug-likeness (QED) is 0.288. The average Bonchev–Trinajstić information content (AvgIpc) is 2.04. The van der Waals surface area contributed by atoms with Crippen molar-refractivity contribution in [3.8, 4) is 0 Å². The Morgan fingerprint density at radius 2 is 2.15 bits per heavy atom. The number of rotatable bonds is 4. The zero-order chi connectivity index (χ0) is 10.3. The maximum absolute atomic E-state index is 11.0. The molecule has 5 heteroatoms. The molecule has 0 saturated heterocycles. The van der Waals surface area contributed by atoms with Crippen LogP contribution in [0.2, 0.25) is 0 Å². The SMILES string of the molecule is CCOC(=O)/C(C)=C/N=N\N(C)C. The molecule has 0 aromatic heterocycles. The number of carbonyl (C=O) groups is 1. The summed E-state index contributed by atoms with van der Waals surface area (Å²) in [5.41, 5.74) is 0.437. The number of nitrogens with zero attached hydrogens (tertiary/aromatic N) is 3. The van der Waals surface area contributed by atoms with E-state index >= 15 is 0 Å². The van der Waals surface area contributed by atoms with Crippen molar-refractivity contribution in [2.45, 2.75) is 13.8 Å². The predicted octanol–water partition coefficient (Wildman–Crippen LogP) is 1.38. The molecule has 0 aliphatic rings. The standard InChI is InChI=1S/C8H15N3O2/c1-5-13-8(12)7(2)6-9-10-11(3)4/h6H,5H2,1-4H3/b7-6+,10-9-. The largest absolute Gasteiger partial charge is 0.463 e. The molecule has 0 saturated carbocycles. The van der Waals surface area contributed by atoms with Crippen molar-refractivity contribution >= 4 is 5.97 Å². The van der Waals surface area contributed by atoms with E-state index in [1.54, 1.807) is 27.9 Å². The minimum absolute atomic E-state index is 0.361. The van der Waals surface area contributed by atoms with Gasteiger partial charge < -0.3 is 4.74 Å². The summed E-state index contributed by atoms with van der Waals surface area (Å²) in [6.07, 6.45) is 1.37. The Hall–Kier alpha value is -1.39. The van der Waals surface area contributed by atoms with Gasteiger partial charge >= 0.3 is 5.97 Å². The first kappa shape index (κ1) is 11.6. The Bertz CT molecular complexity index is 221. The van der Waals surface area contributed by atoms with Crippen molar-refractivity contribution in [1.82, 2.24) is 5.01 Å². The van der Waals surface area contributed by atoms with Crippen LogP contribution < -0.4 is 0 Å². The highest BCUT2D eigenvalue weighted by atomic mass is 16.5. The van der Waals surface area contributed by atoms with E-state index in [0.29, 0.717) is 12.2 Å². The fourth-order valence-corrected chi connectivity index (χ4v) is 0.513. The molecule has 0 amide bonds. The van der Waals surface area contributed by atoms with Crippen molar-refractivity contribution in [1.29, 1.82) is 0 Å². The van der Waals surface area contributed by atoms with Gasteiger partial charge in [0.05, 0.1) is 18.4 Å². The van der Waals surface area contributed by atoms with Crippen LogP contribution in [0.15, 0.2) is 22.1 Å². The van der Waals surface area contributed by atoms with E-state index in [-0.39, 0.29) is 5.97 Å². The molecule has 0 heterocycles. The van der Waals surface area contributed by atoms with Crippen molar-refractivity contribution < 1.29 is 9.53 Å². The lowest BCUT2D eigenvalue weighted by Crippen LogP contribution is -2.04. The van der Waals surface area contributed by atoms with Gasteiger partial charge in [-0.1, -0.05) is 5.22 Å². The highest BCUT2D eigenvalue weighted by Gasteiger charge is 2.02. The molecule has 0 rings (SSSR count). The van der Waals surface area contributed by atoms with Crippen LogP contribution in [0, 0.1) is 0 Å². The van der Waals surface area contributed by atoms with Gasteiger partial charge in [0.15, 0.2) is 0 Å². The molecule has 0 aliphatic heterocycles. The molecule has 0 aliphatic carbocycles. The molecule has 13 heavy (non-hydrogen) atoms. The lowest BCUT2D eigenvalue weighted by atomic mass is 10.3. The van der Waals surface area contributed by atoms with Crippen molar-refractivity contribution in [2.24, 2.45) is 10.3 Å². The van der Waals surface area contributed by atoms with Gasteiger partial charge in [0, 0.05) is 14.1 Å². The third kappa shape index (κ3) is 5.84. The van der Waals surface area contributed by atoms with Crippen LogP contribution in [-0.4, -0.2) is 31.7 Å². The monoisotopic (exact) mass is 185 g/mol. The van der Waals surface area contributed by atoms with Crippen LogP contribution in [0.1, 0.15) is 13.8 Å². The molecular formula is C8H15N3O2. The second kappa shape index (κ2) is 6.16. The van der Waals surface area contributed by atoms with Crippen LogP contribution >= 0.6 is 0 Å². The summed E-state index contributed by atoms with van der Waals surface area (Å²) in [4.78, 5) is 11.0. The van der Waals surface area contributed by atoms with Crippen molar-refractivity contribution in [3.63, 3.8) is 0 Å². The maximum Gasteiger partial charge on any atom is 0.335 e. The second-order valence-electron chi connectivity index (χ2n) is 2.58. The molecule has 74 valence electrons. The molecule has 0 fully saturated rings. The molecule has 0 aromatic rings. The number of hydrogen-bond donors (Lipinski definition) is 0.